The fourth-order valence-electron chi connectivity index (χ4n) is 1.35. The van der Waals surface area contributed by atoms with Gasteiger partial charge in [-0.15, -0.1) is 0 Å². The lowest BCUT2D eigenvalue weighted by atomic mass is 10.2. The molecule has 0 aliphatic rings. The van der Waals surface area contributed by atoms with Gasteiger partial charge in [0.05, 0.1) is 13.0 Å². The summed E-state index contributed by atoms with van der Waals surface area (Å²) in [5.41, 5.74) is 1.16. The predicted octanol–water partition coefficient (Wildman–Crippen LogP) is 2.71. The van der Waals surface area contributed by atoms with E-state index >= 15 is 0 Å². The molecule has 1 aromatic rings. The van der Waals surface area contributed by atoms with E-state index in [-0.39, 0.29) is 5.91 Å². The number of benzene rings is 1. The molecule has 0 atom stereocenters. The van der Waals surface area contributed by atoms with Crippen LogP contribution in [0, 0.1) is 6.92 Å². The molecule has 17 heavy (non-hydrogen) atoms. The van der Waals surface area contributed by atoms with E-state index in [0.717, 1.165) is 28.7 Å². The Morgan fingerprint density at radius 3 is 3.00 bits per heavy atom. The Morgan fingerprint density at radius 2 is 2.29 bits per heavy atom. The van der Waals surface area contributed by atoms with Crippen molar-refractivity contribution in [3.8, 4) is 5.75 Å². The second kappa shape index (κ2) is 8.33. The van der Waals surface area contributed by atoms with Crippen LogP contribution in [0.15, 0.2) is 24.3 Å². The van der Waals surface area contributed by atoms with Crippen LogP contribution in [-0.4, -0.2) is 23.5 Å². The van der Waals surface area contributed by atoms with Crippen LogP contribution in [0.25, 0.3) is 0 Å². The highest BCUT2D eigenvalue weighted by Gasteiger charge is 2.01. The predicted molar refractivity (Wildman–Crippen MR) is 77.8 cm³/mol. The summed E-state index contributed by atoms with van der Waals surface area (Å²) >= 11 is 2.30. The summed E-state index contributed by atoms with van der Waals surface area (Å²) in [6, 6.07) is 7.84. The highest BCUT2D eigenvalue weighted by Crippen LogP contribution is 2.12. The first-order chi connectivity index (χ1) is 8.22. The van der Waals surface area contributed by atoms with Crippen molar-refractivity contribution in [2.24, 2.45) is 0 Å². The molecule has 3 nitrogen and oxygen atoms in total. The zero-order valence-corrected chi connectivity index (χ0v) is 12.2. The van der Waals surface area contributed by atoms with E-state index in [9.17, 15) is 4.79 Å². The number of amides is 1. The molecule has 0 bridgehead atoms. The van der Waals surface area contributed by atoms with Crippen LogP contribution in [0.3, 0.4) is 0 Å². The molecule has 94 valence electrons. The maximum Gasteiger partial charge on any atom is 0.223 e. The first-order valence-electron chi connectivity index (χ1n) is 5.74. The molecule has 0 unspecified atom stereocenters. The smallest absolute Gasteiger partial charge is 0.223 e. The molecule has 1 amide bonds. The lowest BCUT2D eigenvalue weighted by Gasteiger charge is -2.07. The highest BCUT2D eigenvalue weighted by molar-refractivity contribution is 14.1. The van der Waals surface area contributed by atoms with Gasteiger partial charge in [0.2, 0.25) is 5.91 Å². The number of aryl methyl sites for hydroxylation is 1. The Hall–Kier alpha value is -0.780. The van der Waals surface area contributed by atoms with E-state index in [1.807, 2.05) is 31.2 Å². The number of carbonyl (C=O) groups is 1. The first-order valence-corrected chi connectivity index (χ1v) is 7.27. The van der Waals surface area contributed by atoms with Gasteiger partial charge in [-0.2, -0.15) is 0 Å². The van der Waals surface area contributed by atoms with Gasteiger partial charge in [-0.1, -0.05) is 34.7 Å². The Balaban J connectivity index is 2.17. The van der Waals surface area contributed by atoms with Crippen molar-refractivity contribution < 1.29 is 9.53 Å². The molecular weight excluding hydrogens is 329 g/mol. The molecule has 1 N–H and O–H groups in total. The minimum atomic E-state index is 0.0579. The lowest BCUT2D eigenvalue weighted by Crippen LogP contribution is -2.26. The zero-order chi connectivity index (χ0) is 12.5. The minimum Gasteiger partial charge on any atom is -0.493 e. The van der Waals surface area contributed by atoms with Gasteiger partial charge in [-0.05, 0) is 31.0 Å². The number of carbonyl (C=O) groups excluding carboxylic acids is 1. The number of hydrogen-bond acceptors (Lipinski definition) is 2. The van der Waals surface area contributed by atoms with Crippen molar-refractivity contribution in [1.82, 2.24) is 5.32 Å². The Bertz CT molecular complexity index is 355. The van der Waals surface area contributed by atoms with Crippen LogP contribution >= 0.6 is 22.6 Å². The molecule has 0 aromatic heterocycles. The molecule has 0 aliphatic heterocycles. The van der Waals surface area contributed by atoms with Gasteiger partial charge >= 0.3 is 0 Å². The van der Waals surface area contributed by atoms with Crippen molar-refractivity contribution >= 4 is 28.5 Å². The van der Waals surface area contributed by atoms with Crippen molar-refractivity contribution in [1.29, 1.82) is 0 Å². The molecule has 1 aromatic carbocycles. The van der Waals surface area contributed by atoms with Gasteiger partial charge in [0.1, 0.15) is 5.75 Å². The number of hydrogen-bond donors (Lipinski definition) is 1. The molecular formula is C13H18INO2. The average molecular weight is 347 g/mol. The standard InChI is InChI=1S/C13H18INO2/c1-11-4-2-5-12(10-11)17-9-6-13(16)15-8-3-7-14/h2,4-5,10H,3,6-9H2,1H3,(H,15,16). The number of halogens is 1. The topological polar surface area (TPSA) is 38.3 Å². The normalized spacial score (nSPS) is 10.0. The molecule has 0 heterocycles. The monoisotopic (exact) mass is 347 g/mol. The quantitative estimate of drug-likeness (QED) is 0.468. The van der Waals surface area contributed by atoms with Crippen LogP contribution in [-0.2, 0) is 4.79 Å². The molecule has 0 aliphatic carbocycles. The molecule has 0 saturated heterocycles. The number of nitrogens with one attached hydrogen (secondary N) is 1. The van der Waals surface area contributed by atoms with E-state index < -0.39 is 0 Å². The van der Waals surface area contributed by atoms with Crippen LogP contribution in [0.5, 0.6) is 5.75 Å². The summed E-state index contributed by atoms with van der Waals surface area (Å²) in [6.45, 7) is 3.20. The van der Waals surface area contributed by atoms with Gasteiger partial charge in [-0.3, -0.25) is 4.79 Å². The molecule has 0 saturated carbocycles. The fourth-order valence-corrected chi connectivity index (χ4v) is 1.73. The summed E-state index contributed by atoms with van der Waals surface area (Å²) in [5.74, 6) is 0.882. The summed E-state index contributed by atoms with van der Waals surface area (Å²) < 4.78 is 6.57. The number of ether oxygens (including phenoxy) is 1. The molecule has 1 rings (SSSR count). The third kappa shape index (κ3) is 6.51. The van der Waals surface area contributed by atoms with Gasteiger partial charge in [0.25, 0.3) is 0 Å². The van der Waals surface area contributed by atoms with Crippen molar-refractivity contribution in [3.63, 3.8) is 0 Å². The third-order valence-electron chi connectivity index (χ3n) is 2.22. The van der Waals surface area contributed by atoms with E-state index in [1.165, 1.54) is 0 Å². The van der Waals surface area contributed by atoms with E-state index in [4.69, 9.17) is 4.74 Å². The zero-order valence-electron chi connectivity index (χ0n) is 10.0. The van der Waals surface area contributed by atoms with Crippen LogP contribution < -0.4 is 10.1 Å². The number of alkyl halides is 1. The second-order valence-electron chi connectivity index (χ2n) is 3.81. The van der Waals surface area contributed by atoms with E-state index in [0.29, 0.717) is 13.0 Å². The maximum atomic E-state index is 11.4. The first kappa shape index (κ1) is 14.3. The van der Waals surface area contributed by atoms with E-state index in [1.54, 1.807) is 0 Å². The largest absolute Gasteiger partial charge is 0.493 e. The van der Waals surface area contributed by atoms with Gasteiger partial charge in [0.15, 0.2) is 0 Å². The average Bonchev–Trinajstić information content (AvgIpc) is 2.29. The summed E-state index contributed by atoms with van der Waals surface area (Å²) in [7, 11) is 0. The highest BCUT2D eigenvalue weighted by atomic mass is 127. The van der Waals surface area contributed by atoms with Gasteiger partial charge in [0, 0.05) is 11.0 Å². The third-order valence-corrected chi connectivity index (χ3v) is 2.98. The lowest BCUT2D eigenvalue weighted by molar-refractivity contribution is -0.121. The van der Waals surface area contributed by atoms with Crippen LogP contribution in [0.1, 0.15) is 18.4 Å². The van der Waals surface area contributed by atoms with Crippen molar-refractivity contribution in [3.05, 3.63) is 29.8 Å². The molecule has 0 radical (unpaired) electrons. The minimum absolute atomic E-state index is 0.0579. The SMILES string of the molecule is Cc1cccc(OCCC(=O)NCCCI)c1. The van der Waals surface area contributed by atoms with E-state index in [2.05, 4.69) is 27.9 Å². The maximum absolute atomic E-state index is 11.4. The van der Waals surface area contributed by atoms with Crippen molar-refractivity contribution in [2.45, 2.75) is 19.8 Å². The van der Waals surface area contributed by atoms with Crippen molar-refractivity contribution in [2.75, 3.05) is 17.6 Å². The molecule has 0 fully saturated rings. The second-order valence-corrected chi connectivity index (χ2v) is 4.89. The van der Waals surface area contributed by atoms with Gasteiger partial charge in [-0.25, -0.2) is 0 Å². The molecule has 0 spiro atoms. The summed E-state index contributed by atoms with van der Waals surface area (Å²) in [5, 5.41) is 2.86. The Labute approximate surface area is 116 Å². The van der Waals surface area contributed by atoms with Crippen LogP contribution in [0.4, 0.5) is 0 Å². The summed E-state index contributed by atoms with van der Waals surface area (Å²) in [4.78, 5) is 11.4. The molecule has 4 heteroatoms. The van der Waals surface area contributed by atoms with Gasteiger partial charge < -0.3 is 10.1 Å². The fraction of sp³-hybridized carbons (Fsp3) is 0.462. The summed E-state index contributed by atoms with van der Waals surface area (Å²) in [6.07, 6.45) is 1.43. The Morgan fingerprint density at radius 1 is 1.47 bits per heavy atom. The Kier molecular flexibility index (Phi) is 7.00. The number of rotatable bonds is 7. The van der Waals surface area contributed by atoms with Crippen LogP contribution in [0.2, 0.25) is 0 Å².